The summed E-state index contributed by atoms with van der Waals surface area (Å²) < 4.78 is 26.9. The van der Waals surface area contributed by atoms with Gasteiger partial charge in [0.15, 0.2) is 9.84 Å². The molecular weight excluding hydrogens is 256 g/mol. The number of likely N-dealkylation sites (tertiary alicyclic amines) is 1. The Labute approximate surface area is 110 Å². The normalized spacial score (nSPS) is 27.4. The van der Waals surface area contributed by atoms with E-state index in [1.807, 2.05) is 4.31 Å². The quantitative estimate of drug-likeness (QED) is 0.759. The minimum atomic E-state index is -2.92. The third-order valence-corrected chi connectivity index (χ3v) is 7.21. The highest BCUT2D eigenvalue weighted by Gasteiger charge is 2.36. The van der Waals surface area contributed by atoms with Crippen molar-refractivity contribution in [3.05, 3.63) is 0 Å². The third-order valence-electron chi connectivity index (χ3n) is 4.01. The largest absolute Gasteiger partial charge is 0.306 e. The second-order valence-corrected chi connectivity index (χ2v) is 8.32. The molecule has 0 saturated carbocycles. The lowest BCUT2D eigenvalue weighted by Gasteiger charge is -2.34. The van der Waals surface area contributed by atoms with Gasteiger partial charge in [0.25, 0.3) is 0 Å². The average Bonchev–Trinajstić information content (AvgIpc) is 2.30. The van der Waals surface area contributed by atoms with Gasteiger partial charge in [-0.15, -0.1) is 0 Å². The number of thiol groups is 1. The van der Waals surface area contributed by atoms with Crippen LogP contribution in [0.25, 0.3) is 0 Å². The Morgan fingerprint density at radius 1 is 0.941 bits per heavy atom. The first-order chi connectivity index (χ1) is 8.00. The molecule has 2 heterocycles. The molecule has 0 spiro atoms. The molecule has 17 heavy (non-hydrogen) atoms. The van der Waals surface area contributed by atoms with Gasteiger partial charge in [-0.25, -0.2) is 8.42 Å². The molecule has 2 fully saturated rings. The number of hydrogen-bond donors (Lipinski definition) is 1. The van der Waals surface area contributed by atoms with E-state index in [1.54, 1.807) is 0 Å². The van der Waals surface area contributed by atoms with E-state index in [-0.39, 0.29) is 10.5 Å². The Hall–Kier alpha value is 0.220. The van der Waals surface area contributed by atoms with Crippen molar-refractivity contribution in [1.82, 2.24) is 9.21 Å². The van der Waals surface area contributed by atoms with Crippen molar-refractivity contribution in [2.75, 3.05) is 33.2 Å². The zero-order valence-electron chi connectivity index (χ0n) is 10.4. The highest BCUT2D eigenvalue weighted by atomic mass is 32.2. The maximum Gasteiger partial charge on any atom is 0.156 e. The summed E-state index contributed by atoms with van der Waals surface area (Å²) in [4.78, 5) is 2.21. The molecule has 0 aromatic rings. The lowest BCUT2D eigenvalue weighted by molar-refractivity contribution is 0.276. The smallest absolute Gasteiger partial charge is 0.156 e. The predicted molar refractivity (Wildman–Crippen MR) is 73.0 cm³/mol. The van der Waals surface area contributed by atoms with Crippen molar-refractivity contribution in [2.24, 2.45) is 0 Å². The van der Waals surface area contributed by atoms with Crippen LogP contribution in [0.5, 0.6) is 0 Å². The molecule has 0 atom stereocenters. The molecule has 4 nitrogen and oxygen atoms in total. The summed E-state index contributed by atoms with van der Waals surface area (Å²) in [7, 11) is -0.861. The molecule has 2 aliphatic rings. The van der Waals surface area contributed by atoms with Crippen molar-refractivity contribution >= 4 is 22.7 Å². The van der Waals surface area contributed by atoms with Crippen LogP contribution in [0.3, 0.4) is 0 Å². The maximum atomic E-state index is 12.5. The Bertz CT molecular complexity index is 314. The van der Waals surface area contributed by atoms with Gasteiger partial charge >= 0.3 is 0 Å². The highest BCUT2D eigenvalue weighted by Crippen LogP contribution is 2.27. The molecule has 0 radical (unpaired) electrons. The topological polar surface area (TPSA) is 40.6 Å². The van der Waals surface area contributed by atoms with E-state index < -0.39 is 9.84 Å². The first kappa shape index (κ1) is 13.6. The Balaban J connectivity index is 1.98. The fourth-order valence-corrected chi connectivity index (χ4v) is 5.27. The minimum absolute atomic E-state index is 0.102. The van der Waals surface area contributed by atoms with Crippen molar-refractivity contribution < 1.29 is 8.42 Å². The number of piperidine rings is 2. The molecule has 0 unspecified atom stereocenters. The van der Waals surface area contributed by atoms with E-state index in [9.17, 15) is 8.42 Å². The summed E-state index contributed by atoms with van der Waals surface area (Å²) in [5.41, 5.74) is 0. The zero-order valence-corrected chi connectivity index (χ0v) is 12.1. The zero-order chi connectivity index (χ0) is 12.5. The van der Waals surface area contributed by atoms with E-state index >= 15 is 0 Å². The molecule has 0 aromatic carbocycles. The minimum Gasteiger partial charge on any atom is -0.306 e. The van der Waals surface area contributed by atoms with Crippen LogP contribution in [0.1, 0.15) is 25.7 Å². The van der Waals surface area contributed by atoms with Crippen LogP contribution < -0.4 is 0 Å². The van der Waals surface area contributed by atoms with Crippen molar-refractivity contribution in [2.45, 2.75) is 36.2 Å². The molecular formula is C11H22N2O2S2. The van der Waals surface area contributed by atoms with Crippen molar-refractivity contribution in [3.8, 4) is 0 Å². The van der Waals surface area contributed by atoms with E-state index in [1.165, 1.54) is 0 Å². The van der Waals surface area contributed by atoms with Crippen molar-refractivity contribution in [1.29, 1.82) is 0 Å². The first-order valence-corrected chi connectivity index (χ1v) is 8.36. The summed E-state index contributed by atoms with van der Waals surface area (Å²) in [6, 6.07) is 0. The van der Waals surface area contributed by atoms with E-state index in [0.29, 0.717) is 0 Å². The van der Waals surface area contributed by atoms with Crippen LogP contribution in [0, 0.1) is 0 Å². The third kappa shape index (κ3) is 3.16. The van der Waals surface area contributed by atoms with Gasteiger partial charge < -0.3 is 4.90 Å². The second-order valence-electron chi connectivity index (χ2n) is 5.24. The van der Waals surface area contributed by atoms with Gasteiger partial charge in [0.2, 0.25) is 0 Å². The van der Waals surface area contributed by atoms with Gasteiger partial charge in [0.05, 0.1) is 10.5 Å². The lowest BCUT2D eigenvalue weighted by Crippen LogP contribution is -2.44. The van der Waals surface area contributed by atoms with Gasteiger partial charge in [-0.1, -0.05) is 12.8 Å². The Morgan fingerprint density at radius 2 is 1.35 bits per heavy atom. The molecule has 0 bridgehead atoms. The number of hydrogen-bond acceptors (Lipinski definition) is 5. The Morgan fingerprint density at radius 3 is 1.82 bits per heavy atom. The average molecular weight is 278 g/mol. The van der Waals surface area contributed by atoms with Gasteiger partial charge in [0.1, 0.15) is 0 Å². The number of sulfone groups is 1. The van der Waals surface area contributed by atoms with E-state index in [0.717, 1.165) is 51.9 Å². The SMILES string of the molecule is CN1CCC(S(=O)(=O)C2CCN(S)CC2)CC1. The number of rotatable bonds is 2. The molecule has 0 amide bonds. The predicted octanol–water partition coefficient (Wildman–Crippen LogP) is 0.805. The molecule has 0 N–H and O–H groups in total. The standard InChI is InChI=1S/C11H22N2O2S2/c1-12-6-2-10(3-7-12)17(14,15)11-4-8-13(16)9-5-11/h10-11,16H,2-9H2,1H3. The van der Waals surface area contributed by atoms with Crippen LogP contribution >= 0.6 is 12.8 Å². The Kier molecular flexibility index (Phi) is 4.39. The second kappa shape index (κ2) is 5.47. The van der Waals surface area contributed by atoms with Gasteiger partial charge in [-0.3, -0.25) is 4.31 Å². The van der Waals surface area contributed by atoms with Gasteiger partial charge in [-0.05, 0) is 45.8 Å². The molecule has 2 rings (SSSR count). The molecule has 100 valence electrons. The van der Waals surface area contributed by atoms with Crippen molar-refractivity contribution in [3.63, 3.8) is 0 Å². The fraction of sp³-hybridized carbons (Fsp3) is 1.00. The molecule has 2 aliphatic heterocycles. The number of nitrogens with zero attached hydrogens (tertiary/aromatic N) is 2. The summed E-state index contributed by atoms with van der Waals surface area (Å²) in [6.07, 6.45) is 3.11. The lowest BCUT2D eigenvalue weighted by atomic mass is 10.1. The molecule has 0 aromatic heterocycles. The van der Waals surface area contributed by atoms with Crippen LogP contribution in [0.15, 0.2) is 0 Å². The monoisotopic (exact) mass is 278 g/mol. The van der Waals surface area contributed by atoms with Crippen LogP contribution in [0.2, 0.25) is 0 Å². The van der Waals surface area contributed by atoms with Gasteiger partial charge in [0, 0.05) is 13.1 Å². The van der Waals surface area contributed by atoms with E-state index in [2.05, 4.69) is 24.8 Å². The maximum absolute atomic E-state index is 12.5. The van der Waals surface area contributed by atoms with Crippen LogP contribution in [0.4, 0.5) is 0 Å². The fourth-order valence-electron chi connectivity index (χ4n) is 2.76. The molecule has 0 aliphatic carbocycles. The van der Waals surface area contributed by atoms with Gasteiger partial charge in [-0.2, -0.15) is 0 Å². The summed E-state index contributed by atoms with van der Waals surface area (Å²) in [5.74, 6) is 0. The molecule has 6 heteroatoms. The molecule has 2 saturated heterocycles. The summed E-state index contributed by atoms with van der Waals surface area (Å²) in [6.45, 7) is 3.41. The van der Waals surface area contributed by atoms with Crippen LogP contribution in [-0.2, 0) is 9.84 Å². The first-order valence-electron chi connectivity index (χ1n) is 6.35. The summed E-state index contributed by atoms with van der Waals surface area (Å²) >= 11 is 4.27. The summed E-state index contributed by atoms with van der Waals surface area (Å²) in [5, 5.41) is -0.227. The highest BCUT2D eigenvalue weighted by molar-refractivity contribution is 7.92. The van der Waals surface area contributed by atoms with Crippen LogP contribution in [-0.4, -0.2) is 61.3 Å². The van der Waals surface area contributed by atoms with E-state index in [4.69, 9.17) is 0 Å².